The van der Waals surface area contributed by atoms with E-state index >= 15 is 0 Å². The minimum absolute atomic E-state index is 0.348. The average Bonchev–Trinajstić information content (AvgIpc) is 2.47. The SMILES string of the molecule is CSc1ccc(C(C)N[C@@H](C)c2ccccc2C)cc1. The lowest BCUT2D eigenvalue weighted by atomic mass is 10.0. The fourth-order valence-electron chi connectivity index (χ4n) is 2.53. The van der Waals surface area contributed by atoms with Crippen LogP contribution in [0.4, 0.5) is 0 Å². The molecule has 0 heterocycles. The molecular formula is C18H23NS. The van der Waals surface area contributed by atoms with E-state index in [4.69, 9.17) is 0 Å². The van der Waals surface area contributed by atoms with Gasteiger partial charge < -0.3 is 5.32 Å². The van der Waals surface area contributed by atoms with Gasteiger partial charge >= 0.3 is 0 Å². The molecule has 2 aromatic carbocycles. The number of hydrogen-bond acceptors (Lipinski definition) is 2. The molecule has 0 saturated carbocycles. The van der Waals surface area contributed by atoms with E-state index in [1.165, 1.54) is 21.6 Å². The molecule has 106 valence electrons. The van der Waals surface area contributed by atoms with Crippen molar-refractivity contribution in [2.75, 3.05) is 6.26 Å². The van der Waals surface area contributed by atoms with Gasteiger partial charge in [-0.15, -0.1) is 11.8 Å². The van der Waals surface area contributed by atoms with E-state index in [9.17, 15) is 0 Å². The Kier molecular flexibility index (Phi) is 5.27. The van der Waals surface area contributed by atoms with Crippen molar-refractivity contribution in [2.45, 2.75) is 37.8 Å². The van der Waals surface area contributed by atoms with Crippen LogP contribution in [0.25, 0.3) is 0 Å². The fraction of sp³-hybridized carbons (Fsp3) is 0.333. The van der Waals surface area contributed by atoms with Crippen molar-refractivity contribution in [1.82, 2.24) is 5.32 Å². The highest BCUT2D eigenvalue weighted by molar-refractivity contribution is 7.98. The van der Waals surface area contributed by atoms with Gasteiger partial charge in [0, 0.05) is 17.0 Å². The van der Waals surface area contributed by atoms with E-state index in [1.54, 1.807) is 11.8 Å². The van der Waals surface area contributed by atoms with E-state index in [0.29, 0.717) is 12.1 Å². The van der Waals surface area contributed by atoms with Crippen LogP contribution in [-0.2, 0) is 0 Å². The van der Waals surface area contributed by atoms with Crippen molar-refractivity contribution in [3.63, 3.8) is 0 Å². The Morgan fingerprint density at radius 2 is 1.55 bits per heavy atom. The maximum atomic E-state index is 3.68. The van der Waals surface area contributed by atoms with Gasteiger partial charge in [-0.25, -0.2) is 0 Å². The van der Waals surface area contributed by atoms with E-state index in [-0.39, 0.29) is 0 Å². The monoisotopic (exact) mass is 285 g/mol. The molecule has 0 bridgehead atoms. The normalized spacial score (nSPS) is 14.0. The number of thioether (sulfide) groups is 1. The standard InChI is InChI=1S/C18H23NS/c1-13-7-5-6-8-18(13)15(3)19-14(2)16-9-11-17(20-4)12-10-16/h5-12,14-15,19H,1-4H3/t14?,15-/m0/s1. The van der Waals surface area contributed by atoms with E-state index in [1.807, 2.05) is 0 Å². The maximum absolute atomic E-state index is 3.68. The summed E-state index contributed by atoms with van der Waals surface area (Å²) in [4.78, 5) is 1.31. The molecule has 0 aliphatic carbocycles. The molecule has 20 heavy (non-hydrogen) atoms. The van der Waals surface area contributed by atoms with E-state index < -0.39 is 0 Å². The maximum Gasteiger partial charge on any atom is 0.0300 e. The topological polar surface area (TPSA) is 12.0 Å². The van der Waals surface area contributed by atoms with Gasteiger partial charge in [-0.05, 0) is 55.9 Å². The molecule has 1 unspecified atom stereocenters. The molecular weight excluding hydrogens is 262 g/mol. The van der Waals surface area contributed by atoms with Crippen LogP contribution in [0.2, 0.25) is 0 Å². The second-order valence-electron chi connectivity index (χ2n) is 5.24. The molecule has 2 atom stereocenters. The Bertz CT molecular complexity index is 548. The number of benzene rings is 2. The summed E-state index contributed by atoms with van der Waals surface area (Å²) in [5.74, 6) is 0. The van der Waals surface area contributed by atoms with Crippen molar-refractivity contribution in [3.8, 4) is 0 Å². The van der Waals surface area contributed by atoms with Gasteiger partial charge in [-0.1, -0.05) is 36.4 Å². The molecule has 0 aliphatic heterocycles. The molecule has 0 aliphatic rings. The number of rotatable bonds is 5. The zero-order valence-electron chi connectivity index (χ0n) is 12.7. The molecule has 1 nitrogen and oxygen atoms in total. The highest BCUT2D eigenvalue weighted by Gasteiger charge is 2.12. The summed E-state index contributed by atoms with van der Waals surface area (Å²) < 4.78 is 0. The summed E-state index contributed by atoms with van der Waals surface area (Å²) >= 11 is 1.78. The van der Waals surface area contributed by atoms with Crippen LogP contribution in [0.1, 0.15) is 42.6 Å². The first-order valence-electron chi connectivity index (χ1n) is 7.07. The van der Waals surface area contributed by atoms with Crippen molar-refractivity contribution in [1.29, 1.82) is 0 Å². The molecule has 0 radical (unpaired) electrons. The zero-order chi connectivity index (χ0) is 14.5. The Morgan fingerprint density at radius 1 is 0.900 bits per heavy atom. The van der Waals surface area contributed by atoms with Gasteiger partial charge in [0.15, 0.2) is 0 Å². The zero-order valence-corrected chi connectivity index (χ0v) is 13.5. The Morgan fingerprint density at radius 3 is 2.15 bits per heavy atom. The molecule has 2 heteroatoms. The third-order valence-corrected chi connectivity index (χ3v) is 4.51. The van der Waals surface area contributed by atoms with Crippen LogP contribution < -0.4 is 5.32 Å². The Balaban J connectivity index is 2.06. The van der Waals surface area contributed by atoms with E-state index in [2.05, 4.69) is 80.9 Å². The highest BCUT2D eigenvalue weighted by atomic mass is 32.2. The molecule has 1 N–H and O–H groups in total. The number of hydrogen-bond donors (Lipinski definition) is 1. The lowest BCUT2D eigenvalue weighted by Gasteiger charge is -2.22. The van der Waals surface area contributed by atoms with Crippen molar-refractivity contribution in [3.05, 3.63) is 65.2 Å². The summed E-state index contributed by atoms with van der Waals surface area (Å²) in [6.07, 6.45) is 2.11. The molecule has 2 aromatic rings. The summed E-state index contributed by atoms with van der Waals surface area (Å²) in [5, 5.41) is 3.68. The lowest BCUT2D eigenvalue weighted by molar-refractivity contribution is 0.493. The predicted octanol–water partition coefficient (Wildman–Crippen LogP) is 5.13. The van der Waals surface area contributed by atoms with Crippen LogP contribution in [-0.4, -0.2) is 6.26 Å². The van der Waals surface area contributed by atoms with Crippen molar-refractivity contribution in [2.24, 2.45) is 0 Å². The smallest absolute Gasteiger partial charge is 0.0300 e. The fourth-order valence-corrected chi connectivity index (χ4v) is 2.93. The van der Waals surface area contributed by atoms with Gasteiger partial charge in [-0.2, -0.15) is 0 Å². The minimum Gasteiger partial charge on any atom is -0.304 e. The largest absolute Gasteiger partial charge is 0.304 e. The molecule has 0 fully saturated rings. The average molecular weight is 285 g/mol. The first kappa shape index (κ1) is 15.1. The summed E-state index contributed by atoms with van der Waals surface area (Å²) in [6.45, 7) is 6.63. The van der Waals surface area contributed by atoms with Gasteiger partial charge in [0.25, 0.3) is 0 Å². The minimum atomic E-state index is 0.348. The van der Waals surface area contributed by atoms with Crippen LogP contribution in [0, 0.1) is 6.92 Å². The quantitative estimate of drug-likeness (QED) is 0.764. The second kappa shape index (κ2) is 6.96. The van der Waals surface area contributed by atoms with Crippen LogP contribution in [0.15, 0.2) is 53.4 Å². The van der Waals surface area contributed by atoms with Crippen LogP contribution >= 0.6 is 11.8 Å². The van der Waals surface area contributed by atoms with Crippen LogP contribution in [0.3, 0.4) is 0 Å². The first-order chi connectivity index (χ1) is 9.61. The number of aryl methyl sites for hydroxylation is 1. The Labute approximate surface area is 126 Å². The summed E-state index contributed by atoms with van der Waals surface area (Å²) in [7, 11) is 0. The highest BCUT2D eigenvalue weighted by Crippen LogP contribution is 2.23. The lowest BCUT2D eigenvalue weighted by Crippen LogP contribution is -2.23. The van der Waals surface area contributed by atoms with Gasteiger partial charge in [0.2, 0.25) is 0 Å². The van der Waals surface area contributed by atoms with Gasteiger partial charge in [-0.3, -0.25) is 0 Å². The second-order valence-corrected chi connectivity index (χ2v) is 6.12. The molecule has 0 amide bonds. The number of nitrogens with one attached hydrogen (secondary N) is 1. The van der Waals surface area contributed by atoms with Crippen molar-refractivity contribution < 1.29 is 0 Å². The first-order valence-corrected chi connectivity index (χ1v) is 8.30. The van der Waals surface area contributed by atoms with Gasteiger partial charge in [0.05, 0.1) is 0 Å². The molecule has 0 spiro atoms. The van der Waals surface area contributed by atoms with Gasteiger partial charge in [0.1, 0.15) is 0 Å². The van der Waals surface area contributed by atoms with E-state index in [0.717, 1.165) is 0 Å². The summed E-state index contributed by atoms with van der Waals surface area (Å²) in [5.41, 5.74) is 4.06. The predicted molar refractivity (Wildman–Crippen MR) is 89.4 cm³/mol. The molecule has 0 saturated heterocycles. The third kappa shape index (κ3) is 3.65. The molecule has 0 aromatic heterocycles. The van der Waals surface area contributed by atoms with Crippen molar-refractivity contribution >= 4 is 11.8 Å². The Hall–Kier alpha value is -1.25. The van der Waals surface area contributed by atoms with Crippen LogP contribution in [0.5, 0.6) is 0 Å². The molecule has 2 rings (SSSR count). The third-order valence-electron chi connectivity index (χ3n) is 3.77. The summed E-state index contributed by atoms with van der Waals surface area (Å²) in [6, 6.07) is 18.1.